The molecule has 0 aliphatic rings. The molecule has 2 aromatic heterocycles. The largest absolute Gasteiger partial charge is 0.504 e. The molecule has 2 N–H and O–H groups in total. The zero-order valence-corrected chi connectivity index (χ0v) is 12.0. The van der Waals surface area contributed by atoms with Crippen LogP contribution in [0.15, 0.2) is 54.9 Å². The third-order valence-corrected chi connectivity index (χ3v) is 3.15. The van der Waals surface area contributed by atoms with Gasteiger partial charge in [0.15, 0.2) is 17.3 Å². The fourth-order valence-electron chi connectivity index (χ4n) is 1.87. The molecule has 22 heavy (non-hydrogen) atoms. The average Bonchev–Trinajstić information content (AvgIpc) is 2.99. The minimum Gasteiger partial charge on any atom is -0.504 e. The number of aromatic nitrogens is 3. The number of aromatic hydroxyl groups is 1. The number of benzene rings is 1. The van der Waals surface area contributed by atoms with Gasteiger partial charge in [-0.2, -0.15) is 5.10 Å². The Labute approximate surface area is 131 Å². The predicted molar refractivity (Wildman–Crippen MR) is 82.4 cm³/mol. The second-order valence-electron chi connectivity index (χ2n) is 4.45. The van der Waals surface area contributed by atoms with Crippen LogP contribution in [0.25, 0.3) is 5.69 Å². The Morgan fingerprint density at radius 1 is 1.23 bits per heavy atom. The molecule has 0 atom stereocenters. The number of nitrogens with one attached hydrogen (secondary N) is 1. The summed E-state index contributed by atoms with van der Waals surface area (Å²) >= 11 is 5.93. The van der Waals surface area contributed by atoms with Gasteiger partial charge in [-0.15, -0.1) is 0 Å². The number of nitrogens with zero attached hydrogens (tertiary/aromatic N) is 3. The number of rotatable bonds is 3. The summed E-state index contributed by atoms with van der Waals surface area (Å²) in [5.41, 5.74) is 0.942. The van der Waals surface area contributed by atoms with E-state index in [4.69, 9.17) is 11.6 Å². The number of halogens is 1. The zero-order chi connectivity index (χ0) is 15.5. The number of pyridine rings is 1. The van der Waals surface area contributed by atoms with Crippen molar-refractivity contribution in [1.82, 2.24) is 14.8 Å². The maximum atomic E-state index is 12.1. The molecule has 0 aliphatic carbocycles. The highest BCUT2D eigenvalue weighted by atomic mass is 35.5. The first-order valence-corrected chi connectivity index (χ1v) is 6.78. The van der Waals surface area contributed by atoms with Gasteiger partial charge in [-0.3, -0.25) is 4.79 Å². The summed E-state index contributed by atoms with van der Waals surface area (Å²) in [4.78, 5) is 16.0. The van der Waals surface area contributed by atoms with E-state index in [1.54, 1.807) is 41.2 Å². The highest BCUT2D eigenvalue weighted by Gasteiger charge is 2.13. The van der Waals surface area contributed by atoms with Gasteiger partial charge in [0.2, 0.25) is 0 Å². The molecule has 0 bridgehead atoms. The molecule has 0 radical (unpaired) electrons. The molecule has 3 aromatic rings. The quantitative estimate of drug-likeness (QED) is 0.779. The van der Waals surface area contributed by atoms with Gasteiger partial charge in [0.25, 0.3) is 5.91 Å². The lowest BCUT2D eigenvalue weighted by Gasteiger charge is -2.04. The van der Waals surface area contributed by atoms with Crippen molar-refractivity contribution in [3.05, 3.63) is 65.6 Å². The van der Waals surface area contributed by atoms with E-state index in [1.165, 1.54) is 12.3 Å². The number of anilines is 1. The van der Waals surface area contributed by atoms with Gasteiger partial charge in [-0.1, -0.05) is 17.7 Å². The first kappa shape index (κ1) is 14.1. The molecule has 1 aromatic carbocycles. The summed E-state index contributed by atoms with van der Waals surface area (Å²) in [6.45, 7) is 0. The molecule has 6 nitrogen and oxygen atoms in total. The van der Waals surface area contributed by atoms with Gasteiger partial charge < -0.3 is 10.4 Å². The molecule has 7 heteroatoms. The van der Waals surface area contributed by atoms with Crippen LogP contribution in [-0.2, 0) is 0 Å². The molecule has 0 spiro atoms. The molecule has 0 unspecified atom stereocenters. The maximum Gasteiger partial charge on any atom is 0.277 e. The molecule has 0 aliphatic heterocycles. The van der Waals surface area contributed by atoms with Crippen LogP contribution in [0.4, 0.5) is 5.82 Å². The molecular formula is C15H11ClN4O2. The van der Waals surface area contributed by atoms with Crippen LogP contribution in [0.2, 0.25) is 5.02 Å². The number of amides is 1. The van der Waals surface area contributed by atoms with Gasteiger partial charge in [0.05, 0.1) is 5.69 Å². The molecule has 0 fully saturated rings. The minimum atomic E-state index is -0.463. The normalized spacial score (nSPS) is 10.4. The Bertz CT molecular complexity index is 832. The van der Waals surface area contributed by atoms with Crippen LogP contribution >= 0.6 is 11.6 Å². The van der Waals surface area contributed by atoms with Crippen LogP contribution in [0.1, 0.15) is 10.5 Å². The topological polar surface area (TPSA) is 80.0 Å². The Kier molecular flexibility index (Phi) is 3.76. The van der Waals surface area contributed by atoms with Gasteiger partial charge in [0.1, 0.15) is 0 Å². The van der Waals surface area contributed by atoms with Crippen molar-refractivity contribution in [2.45, 2.75) is 0 Å². The van der Waals surface area contributed by atoms with Gasteiger partial charge in [0, 0.05) is 17.4 Å². The van der Waals surface area contributed by atoms with Gasteiger partial charge >= 0.3 is 0 Å². The van der Waals surface area contributed by atoms with E-state index < -0.39 is 5.91 Å². The predicted octanol–water partition coefficient (Wildman–Crippen LogP) is 2.88. The average molecular weight is 315 g/mol. The van der Waals surface area contributed by atoms with Crippen LogP contribution in [0.3, 0.4) is 0 Å². The molecule has 0 saturated heterocycles. The number of hydrogen-bond donors (Lipinski definition) is 2. The summed E-state index contributed by atoms with van der Waals surface area (Å²) in [7, 11) is 0. The Morgan fingerprint density at radius 3 is 2.86 bits per heavy atom. The lowest BCUT2D eigenvalue weighted by molar-refractivity contribution is 0.102. The summed E-state index contributed by atoms with van der Waals surface area (Å²) in [5.74, 6) is -0.482. The second kappa shape index (κ2) is 5.87. The van der Waals surface area contributed by atoms with Crippen molar-refractivity contribution >= 4 is 23.3 Å². The molecule has 0 saturated carbocycles. The van der Waals surface area contributed by atoms with Crippen LogP contribution in [0, 0.1) is 0 Å². The van der Waals surface area contributed by atoms with Crippen molar-refractivity contribution in [3.8, 4) is 11.4 Å². The summed E-state index contributed by atoms with van der Waals surface area (Å²) in [6, 6.07) is 11.7. The van der Waals surface area contributed by atoms with Crippen LogP contribution in [0.5, 0.6) is 5.75 Å². The van der Waals surface area contributed by atoms with E-state index >= 15 is 0 Å². The van der Waals surface area contributed by atoms with Crippen molar-refractivity contribution < 1.29 is 9.90 Å². The van der Waals surface area contributed by atoms with Crippen molar-refractivity contribution in [2.24, 2.45) is 0 Å². The lowest BCUT2D eigenvalue weighted by atomic mass is 10.3. The second-order valence-corrected chi connectivity index (χ2v) is 4.89. The number of carbonyl (C=O) groups excluding carboxylic acids is 1. The van der Waals surface area contributed by atoms with Crippen molar-refractivity contribution in [2.75, 3.05) is 5.32 Å². The van der Waals surface area contributed by atoms with Gasteiger partial charge in [-0.05, 0) is 36.4 Å². The van der Waals surface area contributed by atoms with Crippen LogP contribution < -0.4 is 5.32 Å². The third kappa shape index (κ3) is 2.91. The van der Waals surface area contributed by atoms with E-state index in [0.29, 0.717) is 5.02 Å². The SMILES string of the molecule is O=C(Nc1ncccc1O)c1ccn(-c2cccc(Cl)c2)n1. The highest BCUT2D eigenvalue weighted by Crippen LogP contribution is 2.19. The minimum absolute atomic E-state index is 0.0878. The maximum absolute atomic E-state index is 12.1. The van der Waals surface area contributed by atoms with E-state index in [1.807, 2.05) is 6.07 Å². The fraction of sp³-hybridized carbons (Fsp3) is 0. The Balaban J connectivity index is 1.82. The van der Waals surface area contributed by atoms with Crippen molar-refractivity contribution in [3.63, 3.8) is 0 Å². The standard InChI is InChI=1S/C15H11ClN4O2/c16-10-3-1-4-11(9-10)20-8-6-12(19-20)15(22)18-14-13(21)5-2-7-17-14/h1-9,21H,(H,17,18,22). The fourth-order valence-corrected chi connectivity index (χ4v) is 2.06. The van der Waals surface area contributed by atoms with E-state index in [2.05, 4.69) is 15.4 Å². The van der Waals surface area contributed by atoms with Crippen LogP contribution in [-0.4, -0.2) is 25.8 Å². The summed E-state index contributed by atoms with van der Waals surface area (Å²) in [6.07, 6.45) is 3.12. The first-order valence-electron chi connectivity index (χ1n) is 6.40. The molecule has 2 heterocycles. The Morgan fingerprint density at radius 2 is 2.09 bits per heavy atom. The monoisotopic (exact) mass is 314 g/mol. The van der Waals surface area contributed by atoms with Crippen molar-refractivity contribution in [1.29, 1.82) is 0 Å². The summed E-state index contributed by atoms with van der Waals surface area (Å²) in [5, 5.41) is 16.9. The molecular weight excluding hydrogens is 304 g/mol. The Hall–Kier alpha value is -2.86. The van der Waals surface area contributed by atoms with E-state index in [9.17, 15) is 9.90 Å². The number of carbonyl (C=O) groups is 1. The highest BCUT2D eigenvalue weighted by molar-refractivity contribution is 6.30. The molecule has 1 amide bonds. The lowest BCUT2D eigenvalue weighted by Crippen LogP contribution is -2.14. The third-order valence-electron chi connectivity index (χ3n) is 2.91. The van der Waals surface area contributed by atoms with E-state index in [0.717, 1.165) is 5.69 Å². The van der Waals surface area contributed by atoms with E-state index in [-0.39, 0.29) is 17.3 Å². The summed E-state index contributed by atoms with van der Waals surface area (Å²) < 4.78 is 1.54. The number of hydrogen-bond acceptors (Lipinski definition) is 4. The first-order chi connectivity index (χ1) is 10.6. The zero-order valence-electron chi connectivity index (χ0n) is 11.3. The van der Waals surface area contributed by atoms with Gasteiger partial charge in [-0.25, -0.2) is 9.67 Å². The molecule has 3 rings (SSSR count). The smallest absolute Gasteiger partial charge is 0.277 e. The molecule has 110 valence electrons.